The normalized spacial score (nSPS) is 12.3. The highest BCUT2D eigenvalue weighted by Gasteiger charge is 2.22. The Morgan fingerprint density at radius 2 is 1.07 bits per heavy atom. The summed E-state index contributed by atoms with van der Waals surface area (Å²) in [6.07, 6.45) is 29.7. The third kappa shape index (κ3) is 27.5. The van der Waals surface area contributed by atoms with Crippen LogP contribution >= 0.6 is 0 Å². The maximum atomic E-state index is 13.3. The Bertz CT molecular complexity index is 1190. The number of unbranched alkanes of at least 4 members (excludes halogenated alkanes) is 22. The lowest BCUT2D eigenvalue weighted by atomic mass is 10.0. The van der Waals surface area contributed by atoms with Crippen LogP contribution in [0.3, 0.4) is 0 Å². The predicted molar refractivity (Wildman–Crippen MR) is 232 cm³/mol. The molecule has 8 nitrogen and oxygen atoms in total. The summed E-state index contributed by atoms with van der Waals surface area (Å²) in [5.41, 5.74) is 1.90. The minimum Gasteiger partial charge on any atom is -0.489 e. The molecule has 2 rings (SSSR count). The topological polar surface area (TPSA) is 106 Å². The van der Waals surface area contributed by atoms with Crippen molar-refractivity contribution in [2.75, 3.05) is 26.4 Å². The van der Waals surface area contributed by atoms with Gasteiger partial charge in [0.1, 0.15) is 18.4 Å². The molecule has 2 unspecified atom stereocenters. The first-order chi connectivity index (χ1) is 27.5. The van der Waals surface area contributed by atoms with Gasteiger partial charge in [0.15, 0.2) is 0 Å². The third-order valence-corrected chi connectivity index (χ3v) is 10.5. The molecule has 0 heterocycles. The van der Waals surface area contributed by atoms with Crippen molar-refractivity contribution in [2.45, 2.75) is 193 Å². The second-order valence-electron chi connectivity index (χ2n) is 15.7. The van der Waals surface area contributed by atoms with Gasteiger partial charge >= 0.3 is 6.09 Å². The Labute approximate surface area is 341 Å². The molecule has 0 aliphatic rings. The zero-order valence-electron chi connectivity index (χ0n) is 35.6. The molecule has 0 aliphatic carbocycles. The SMILES string of the molecule is CCCCCCCCCCCCCCOCC(CNC(=O)C(Cc1ccc(OCc2ccccc2)cc1)NC(=O)O)OCCCCCCCCCCCCCC. The molecule has 0 aliphatic heterocycles. The number of benzene rings is 2. The Hall–Kier alpha value is -3.10. The van der Waals surface area contributed by atoms with E-state index in [1.165, 1.54) is 135 Å². The van der Waals surface area contributed by atoms with Crippen LogP contribution in [0.4, 0.5) is 4.79 Å². The summed E-state index contributed by atoms with van der Waals surface area (Å²) in [6.45, 7) is 6.95. The molecule has 2 aromatic carbocycles. The lowest BCUT2D eigenvalue weighted by molar-refractivity contribution is -0.124. The summed E-state index contributed by atoms with van der Waals surface area (Å²) >= 11 is 0. The molecule has 0 saturated carbocycles. The van der Waals surface area contributed by atoms with Gasteiger partial charge in [-0.25, -0.2) is 4.79 Å². The largest absolute Gasteiger partial charge is 0.489 e. The van der Waals surface area contributed by atoms with Crippen molar-refractivity contribution in [1.82, 2.24) is 10.6 Å². The van der Waals surface area contributed by atoms with Gasteiger partial charge in [-0.3, -0.25) is 4.79 Å². The molecule has 0 saturated heterocycles. The number of ether oxygens (including phenoxy) is 3. The zero-order valence-corrected chi connectivity index (χ0v) is 35.6. The van der Waals surface area contributed by atoms with Crippen molar-refractivity contribution in [3.63, 3.8) is 0 Å². The van der Waals surface area contributed by atoms with Crippen LogP contribution in [-0.4, -0.2) is 55.6 Å². The number of carboxylic acid groups (broad SMARTS) is 1. The van der Waals surface area contributed by atoms with Crippen LogP contribution in [0, 0.1) is 0 Å². The summed E-state index contributed by atoms with van der Waals surface area (Å²) in [7, 11) is 0. The van der Waals surface area contributed by atoms with Crippen LogP contribution in [0.2, 0.25) is 0 Å². The van der Waals surface area contributed by atoms with Crippen LogP contribution in [0.5, 0.6) is 5.75 Å². The smallest absolute Gasteiger partial charge is 0.405 e. The molecule has 8 heteroatoms. The number of carbonyl (C=O) groups is 2. The Morgan fingerprint density at radius 1 is 0.589 bits per heavy atom. The lowest BCUT2D eigenvalue weighted by Crippen LogP contribution is -2.49. The van der Waals surface area contributed by atoms with Crippen LogP contribution in [0.1, 0.15) is 179 Å². The molecule has 0 spiro atoms. The van der Waals surface area contributed by atoms with Crippen molar-refractivity contribution >= 4 is 12.0 Å². The lowest BCUT2D eigenvalue weighted by Gasteiger charge is -2.22. The molecule has 0 bridgehead atoms. The van der Waals surface area contributed by atoms with E-state index < -0.39 is 12.1 Å². The molecule has 318 valence electrons. The standard InChI is InChI=1S/C48H80N2O6/c1-3-5-7-9-11-13-15-17-19-21-23-28-36-54-41-45(55-37-29-24-22-20-18-16-14-12-10-8-6-4-2)39-49-47(51)46(50-48(52)53)38-42-32-34-44(35-33-42)56-40-43-30-26-25-27-31-43/h25-27,30-35,45-46,50H,3-24,28-29,36-41H2,1-2H3,(H,49,51)(H,52,53). The molecule has 0 aromatic heterocycles. The molecule has 0 fully saturated rings. The van der Waals surface area contributed by atoms with Crippen LogP contribution < -0.4 is 15.4 Å². The molecule has 2 aromatic rings. The second kappa shape index (κ2) is 35.1. The summed E-state index contributed by atoms with van der Waals surface area (Å²) < 4.78 is 18.2. The van der Waals surface area contributed by atoms with E-state index >= 15 is 0 Å². The van der Waals surface area contributed by atoms with Gasteiger partial charge in [-0.2, -0.15) is 0 Å². The summed E-state index contributed by atoms with van der Waals surface area (Å²) in [4.78, 5) is 25.0. The molecular weight excluding hydrogens is 701 g/mol. The maximum absolute atomic E-state index is 13.3. The highest BCUT2D eigenvalue weighted by atomic mass is 16.5. The fourth-order valence-corrected chi connectivity index (χ4v) is 7.01. The Kier molecular flexibility index (Phi) is 30.7. The molecule has 2 atom stereocenters. The molecule has 2 amide bonds. The Morgan fingerprint density at radius 3 is 1.57 bits per heavy atom. The van der Waals surface area contributed by atoms with Gasteiger partial charge in [0.05, 0.1) is 12.7 Å². The van der Waals surface area contributed by atoms with Gasteiger partial charge in [0.2, 0.25) is 5.91 Å². The van der Waals surface area contributed by atoms with Crippen molar-refractivity contribution in [2.24, 2.45) is 0 Å². The first kappa shape index (κ1) is 49.0. The quantitative estimate of drug-likeness (QED) is 0.0586. The third-order valence-electron chi connectivity index (χ3n) is 10.5. The van der Waals surface area contributed by atoms with Gasteiger partial charge in [-0.15, -0.1) is 0 Å². The van der Waals surface area contributed by atoms with E-state index in [0.29, 0.717) is 32.2 Å². The van der Waals surface area contributed by atoms with E-state index in [1.807, 2.05) is 54.6 Å². The molecular formula is C48H80N2O6. The fourth-order valence-electron chi connectivity index (χ4n) is 7.01. The van der Waals surface area contributed by atoms with Crippen LogP contribution in [-0.2, 0) is 27.3 Å². The molecule has 0 radical (unpaired) electrons. The fraction of sp³-hybridized carbons (Fsp3) is 0.708. The number of hydrogen-bond acceptors (Lipinski definition) is 5. The number of rotatable bonds is 38. The monoisotopic (exact) mass is 781 g/mol. The van der Waals surface area contributed by atoms with Crippen LogP contribution in [0.15, 0.2) is 54.6 Å². The molecule has 56 heavy (non-hydrogen) atoms. The second-order valence-corrected chi connectivity index (χ2v) is 15.7. The van der Waals surface area contributed by atoms with E-state index in [2.05, 4.69) is 24.5 Å². The maximum Gasteiger partial charge on any atom is 0.405 e. The van der Waals surface area contributed by atoms with Crippen molar-refractivity contribution in [1.29, 1.82) is 0 Å². The number of carbonyl (C=O) groups excluding carboxylic acids is 1. The van der Waals surface area contributed by atoms with Gasteiger partial charge < -0.3 is 30.0 Å². The first-order valence-corrected chi connectivity index (χ1v) is 22.7. The average Bonchev–Trinajstić information content (AvgIpc) is 3.21. The van der Waals surface area contributed by atoms with Gasteiger partial charge in [-0.1, -0.05) is 198 Å². The minimum absolute atomic E-state index is 0.219. The summed E-state index contributed by atoms with van der Waals surface area (Å²) in [5.74, 6) is 0.332. The summed E-state index contributed by atoms with van der Waals surface area (Å²) in [5, 5.41) is 14.9. The molecule has 3 N–H and O–H groups in total. The minimum atomic E-state index is -1.24. The zero-order chi connectivity index (χ0) is 40.2. The van der Waals surface area contributed by atoms with Crippen molar-refractivity contribution in [3.05, 3.63) is 65.7 Å². The van der Waals surface area contributed by atoms with Gasteiger partial charge in [-0.05, 0) is 36.1 Å². The van der Waals surface area contributed by atoms with Crippen LogP contribution in [0.25, 0.3) is 0 Å². The first-order valence-electron chi connectivity index (χ1n) is 22.7. The summed E-state index contributed by atoms with van der Waals surface area (Å²) in [6, 6.07) is 16.4. The van der Waals surface area contributed by atoms with Crippen molar-refractivity contribution in [3.8, 4) is 5.75 Å². The Balaban J connectivity index is 1.76. The number of amides is 2. The van der Waals surface area contributed by atoms with E-state index in [1.54, 1.807) is 0 Å². The predicted octanol–water partition coefficient (Wildman–Crippen LogP) is 12.4. The number of hydrogen-bond donors (Lipinski definition) is 3. The average molecular weight is 781 g/mol. The van der Waals surface area contributed by atoms with E-state index in [9.17, 15) is 14.7 Å². The number of nitrogens with one attached hydrogen (secondary N) is 2. The van der Waals surface area contributed by atoms with Gasteiger partial charge in [0, 0.05) is 26.2 Å². The highest BCUT2D eigenvalue weighted by Crippen LogP contribution is 2.17. The highest BCUT2D eigenvalue weighted by molar-refractivity contribution is 5.85. The van der Waals surface area contributed by atoms with Gasteiger partial charge in [0.25, 0.3) is 0 Å². The van der Waals surface area contributed by atoms with Crippen molar-refractivity contribution < 1.29 is 28.9 Å². The van der Waals surface area contributed by atoms with E-state index in [-0.39, 0.29) is 25.0 Å². The van der Waals surface area contributed by atoms with E-state index in [4.69, 9.17) is 14.2 Å². The van der Waals surface area contributed by atoms with E-state index in [0.717, 1.165) is 30.4 Å².